The molecule has 3 aromatic carbocycles. The number of carbonyl (C=O) groups is 1. The van der Waals surface area contributed by atoms with Crippen LogP contribution in [-0.2, 0) is 15.7 Å². The number of methoxy groups -OCH3 is 1. The molecule has 3 nitrogen and oxygen atoms in total. The van der Waals surface area contributed by atoms with Crippen molar-refractivity contribution in [3.05, 3.63) is 84.9 Å². The second-order valence-corrected chi connectivity index (χ2v) is 8.57. The van der Waals surface area contributed by atoms with Crippen LogP contribution in [0.4, 0.5) is 30.7 Å². The second-order valence-electron chi connectivity index (χ2n) is 6.54. The quantitative estimate of drug-likeness (QED) is 0.334. The monoisotopic (exact) mass is 506 g/mol. The number of aliphatic carboxylic acids is 1. The van der Waals surface area contributed by atoms with Gasteiger partial charge in [0.15, 0.2) is 14.7 Å². The molecule has 34 heavy (non-hydrogen) atoms. The Balaban J connectivity index is 0.000000273. The number of carbonyl (C=O) groups excluding carboxylic acids is 1. The van der Waals surface area contributed by atoms with Gasteiger partial charge >= 0.3 is 18.0 Å². The first kappa shape index (κ1) is 27.0. The first-order valence-electron chi connectivity index (χ1n) is 9.35. The SMILES string of the molecule is COc1ccc([S+](c2ccccc2)c2ccccc2)cc1.O=C([O-])C(F)(F)C(F)(F)C(F)(F)F. The molecular formula is C23H17F7O3S. The summed E-state index contributed by atoms with van der Waals surface area (Å²) >= 11 is 0. The molecule has 3 rings (SSSR count). The van der Waals surface area contributed by atoms with Crippen LogP contribution in [0.3, 0.4) is 0 Å². The zero-order valence-corrected chi connectivity index (χ0v) is 18.2. The lowest BCUT2D eigenvalue weighted by atomic mass is 10.1. The zero-order valence-electron chi connectivity index (χ0n) is 17.4. The third kappa shape index (κ3) is 6.02. The van der Waals surface area contributed by atoms with Crippen molar-refractivity contribution in [1.29, 1.82) is 0 Å². The molecule has 0 radical (unpaired) electrons. The van der Waals surface area contributed by atoms with E-state index in [1.165, 1.54) is 14.7 Å². The van der Waals surface area contributed by atoms with Crippen molar-refractivity contribution in [1.82, 2.24) is 0 Å². The number of ether oxygens (including phenoxy) is 1. The molecular weight excluding hydrogens is 489 g/mol. The van der Waals surface area contributed by atoms with E-state index in [1.54, 1.807) is 7.11 Å². The van der Waals surface area contributed by atoms with E-state index in [-0.39, 0.29) is 10.9 Å². The smallest absolute Gasteiger partial charge is 0.460 e. The zero-order chi connectivity index (χ0) is 25.6. The fraction of sp³-hybridized carbons (Fsp3) is 0.174. The first-order valence-corrected chi connectivity index (χ1v) is 10.6. The fourth-order valence-electron chi connectivity index (χ4n) is 2.54. The van der Waals surface area contributed by atoms with Crippen molar-refractivity contribution in [2.24, 2.45) is 0 Å². The second kappa shape index (κ2) is 10.8. The Labute approximate surface area is 193 Å². The van der Waals surface area contributed by atoms with Crippen molar-refractivity contribution in [3.63, 3.8) is 0 Å². The highest BCUT2D eigenvalue weighted by Crippen LogP contribution is 2.46. The minimum absolute atomic E-state index is 0.0804. The molecule has 0 saturated heterocycles. The van der Waals surface area contributed by atoms with Gasteiger partial charge in [0.2, 0.25) is 0 Å². The molecule has 0 aliphatic rings. The number of hydrogen-bond acceptors (Lipinski definition) is 3. The van der Waals surface area contributed by atoms with E-state index in [1.807, 2.05) is 12.1 Å². The lowest BCUT2D eigenvalue weighted by molar-refractivity contribution is -0.387. The molecule has 3 aromatic rings. The molecule has 0 spiro atoms. The lowest BCUT2D eigenvalue weighted by Crippen LogP contribution is -2.60. The molecule has 0 fully saturated rings. The molecule has 0 amide bonds. The van der Waals surface area contributed by atoms with Crippen molar-refractivity contribution < 1.29 is 45.4 Å². The van der Waals surface area contributed by atoms with E-state index in [0.29, 0.717) is 0 Å². The predicted molar refractivity (Wildman–Crippen MR) is 109 cm³/mol. The van der Waals surface area contributed by atoms with E-state index in [4.69, 9.17) is 4.74 Å². The van der Waals surface area contributed by atoms with E-state index in [0.717, 1.165) is 5.75 Å². The molecule has 0 bridgehead atoms. The number of benzene rings is 3. The maximum atomic E-state index is 11.7. The van der Waals surface area contributed by atoms with Crippen LogP contribution in [0.5, 0.6) is 5.75 Å². The maximum Gasteiger partial charge on any atom is 0.460 e. The van der Waals surface area contributed by atoms with Gasteiger partial charge in [0.1, 0.15) is 11.7 Å². The molecule has 0 aromatic heterocycles. The largest absolute Gasteiger partial charge is 0.544 e. The average molecular weight is 506 g/mol. The van der Waals surface area contributed by atoms with Gasteiger partial charge in [-0.2, -0.15) is 30.7 Å². The topological polar surface area (TPSA) is 49.4 Å². The minimum atomic E-state index is -6.64. The number of rotatable bonds is 6. The van der Waals surface area contributed by atoms with Crippen LogP contribution in [-0.4, -0.2) is 31.1 Å². The van der Waals surface area contributed by atoms with Crippen LogP contribution in [0.25, 0.3) is 0 Å². The Hall–Kier alpha value is -3.21. The number of carboxylic acids is 1. The van der Waals surface area contributed by atoms with Gasteiger partial charge in [0.05, 0.1) is 18.0 Å². The van der Waals surface area contributed by atoms with Gasteiger partial charge in [-0.15, -0.1) is 0 Å². The highest BCUT2D eigenvalue weighted by atomic mass is 32.2. The van der Waals surface area contributed by atoms with Gasteiger partial charge in [-0.3, -0.25) is 0 Å². The number of halogens is 7. The summed E-state index contributed by atoms with van der Waals surface area (Å²) in [6, 6.07) is 29.7. The van der Waals surface area contributed by atoms with Crippen molar-refractivity contribution in [2.45, 2.75) is 32.7 Å². The molecule has 0 N–H and O–H groups in total. The Bertz CT molecular complexity index is 1020. The molecule has 0 aliphatic heterocycles. The summed E-state index contributed by atoms with van der Waals surface area (Å²) in [6.45, 7) is 0. The van der Waals surface area contributed by atoms with Crippen LogP contribution in [0.1, 0.15) is 0 Å². The highest BCUT2D eigenvalue weighted by molar-refractivity contribution is 7.97. The summed E-state index contributed by atoms with van der Waals surface area (Å²) in [5.74, 6) is -15.8. The van der Waals surface area contributed by atoms with Crippen molar-refractivity contribution in [2.75, 3.05) is 7.11 Å². The molecule has 0 saturated carbocycles. The fourth-order valence-corrected chi connectivity index (χ4v) is 4.62. The molecule has 11 heteroatoms. The van der Waals surface area contributed by atoms with Gasteiger partial charge in [0, 0.05) is 0 Å². The predicted octanol–water partition coefficient (Wildman–Crippen LogP) is 5.36. The number of hydrogen-bond donors (Lipinski definition) is 0. The van der Waals surface area contributed by atoms with Gasteiger partial charge in [-0.05, 0) is 48.5 Å². The summed E-state index contributed by atoms with van der Waals surface area (Å²) in [5, 5.41) is 9.27. The Morgan fingerprint density at radius 3 is 1.38 bits per heavy atom. The first-order chi connectivity index (χ1) is 15.8. The summed E-state index contributed by atoms with van der Waals surface area (Å²) in [7, 11) is 1.62. The summed E-state index contributed by atoms with van der Waals surface area (Å²) in [5.41, 5.74) is 0. The van der Waals surface area contributed by atoms with E-state index in [9.17, 15) is 40.6 Å². The Morgan fingerprint density at radius 2 is 1.09 bits per heavy atom. The Morgan fingerprint density at radius 1 is 0.706 bits per heavy atom. The molecule has 0 aliphatic carbocycles. The third-order valence-corrected chi connectivity index (χ3v) is 6.49. The minimum Gasteiger partial charge on any atom is -0.544 e. The van der Waals surface area contributed by atoms with Crippen LogP contribution in [0, 0.1) is 0 Å². The van der Waals surface area contributed by atoms with E-state index < -0.39 is 24.0 Å². The van der Waals surface area contributed by atoms with Gasteiger partial charge in [-0.25, -0.2) is 0 Å². The molecule has 182 valence electrons. The van der Waals surface area contributed by atoms with Gasteiger partial charge in [-0.1, -0.05) is 36.4 Å². The van der Waals surface area contributed by atoms with Gasteiger partial charge in [0.25, 0.3) is 0 Å². The molecule has 0 unspecified atom stereocenters. The summed E-state index contributed by atoms with van der Waals surface area (Å²) in [6.07, 6.45) is -6.64. The maximum absolute atomic E-state index is 11.7. The van der Waals surface area contributed by atoms with Crippen molar-refractivity contribution in [3.8, 4) is 5.75 Å². The van der Waals surface area contributed by atoms with Crippen molar-refractivity contribution >= 4 is 16.9 Å². The number of alkyl halides is 7. The third-order valence-electron chi connectivity index (χ3n) is 4.26. The molecule has 0 heterocycles. The summed E-state index contributed by atoms with van der Waals surface area (Å²) < 4.78 is 85.5. The van der Waals surface area contributed by atoms with Crippen LogP contribution < -0.4 is 9.84 Å². The van der Waals surface area contributed by atoms with Crippen LogP contribution in [0.2, 0.25) is 0 Å². The van der Waals surface area contributed by atoms with E-state index in [2.05, 4.69) is 72.8 Å². The van der Waals surface area contributed by atoms with Crippen LogP contribution in [0.15, 0.2) is 99.6 Å². The van der Waals surface area contributed by atoms with E-state index >= 15 is 0 Å². The highest BCUT2D eigenvalue weighted by Gasteiger charge is 2.73. The molecule has 0 atom stereocenters. The number of carboxylic acid groups (broad SMARTS) is 1. The Kier molecular flexibility index (Phi) is 8.60. The normalized spacial score (nSPS) is 12.0. The average Bonchev–Trinajstić information content (AvgIpc) is 2.80. The van der Waals surface area contributed by atoms with Gasteiger partial charge < -0.3 is 14.6 Å². The standard InChI is InChI=1S/C19H17OS.C4HF7O2/c1-20-16-12-14-19(15-13-16)21(17-8-4-2-5-9-17)18-10-6-3-7-11-18;5-2(6,1(12)13)3(7,8)4(9,10)11/h2-15H,1H3;(H,12,13)/q+1;/p-1. The lowest BCUT2D eigenvalue weighted by Gasteiger charge is -2.28. The summed E-state index contributed by atoms with van der Waals surface area (Å²) in [4.78, 5) is 13.2. The van der Waals surface area contributed by atoms with Crippen LogP contribution >= 0.6 is 0 Å².